The fraction of sp³-hybridized carbons (Fsp3) is 0.241. The summed E-state index contributed by atoms with van der Waals surface area (Å²) in [7, 11) is 0. The average molecular weight is 485 g/mol. The van der Waals surface area contributed by atoms with E-state index < -0.39 is 30.3 Å². The van der Waals surface area contributed by atoms with Gasteiger partial charge in [0, 0.05) is 5.69 Å². The molecule has 0 spiro atoms. The van der Waals surface area contributed by atoms with Crippen LogP contribution < -0.4 is 10.2 Å². The van der Waals surface area contributed by atoms with Gasteiger partial charge < -0.3 is 10.1 Å². The Morgan fingerprint density at radius 1 is 0.861 bits per heavy atom. The largest absolute Gasteiger partial charge is 0.452 e. The third-order valence-corrected chi connectivity index (χ3v) is 6.54. The molecule has 0 bridgehead atoms. The number of ether oxygens (including phenoxy) is 1. The molecule has 0 atom stereocenters. The number of fused-ring (bicyclic) bond motifs is 1. The third kappa shape index (κ3) is 4.52. The number of amides is 3. The molecule has 184 valence electrons. The van der Waals surface area contributed by atoms with Crippen LogP contribution in [0.3, 0.4) is 0 Å². The van der Waals surface area contributed by atoms with E-state index in [1.54, 1.807) is 12.1 Å². The zero-order valence-electron chi connectivity index (χ0n) is 20.8. The summed E-state index contributed by atoms with van der Waals surface area (Å²) in [6.45, 7) is 7.30. The number of carbonyl (C=O) groups excluding carboxylic acids is 4. The fourth-order valence-corrected chi connectivity index (χ4v) is 4.36. The van der Waals surface area contributed by atoms with Crippen molar-refractivity contribution in [1.82, 2.24) is 0 Å². The fourth-order valence-electron chi connectivity index (χ4n) is 4.36. The zero-order chi connectivity index (χ0) is 26.0. The lowest BCUT2D eigenvalue weighted by Crippen LogP contribution is -2.30. The maximum atomic E-state index is 13.1. The van der Waals surface area contributed by atoms with Crippen molar-refractivity contribution in [2.45, 2.75) is 40.5 Å². The number of imide groups is 1. The molecule has 3 aromatic carbocycles. The maximum Gasteiger partial charge on any atom is 0.338 e. The Bertz CT molecular complexity index is 1370. The van der Waals surface area contributed by atoms with Crippen molar-refractivity contribution in [2.75, 3.05) is 16.8 Å². The second-order valence-electron chi connectivity index (χ2n) is 8.71. The number of benzene rings is 3. The highest BCUT2D eigenvalue weighted by molar-refractivity contribution is 6.35. The summed E-state index contributed by atoms with van der Waals surface area (Å²) in [5.74, 6) is -2.14. The number of nitrogens with zero attached hydrogens (tertiary/aromatic N) is 1. The minimum Gasteiger partial charge on any atom is -0.452 e. The van der Waals surface area contributed by atoms with Gasteiger partial charge in [0.25, 0.3) is 17.7 Å². The summed E-state index contributed by atoms with van der Waals surface area (Å²) in [5, 5.41) is 2.85. The van der Waals surface area contributed by atoms with Crippen LogP contribution in [0, 0.1) is 13.8 Å². The van der Waals surface area contributed by atoms with Crippen molar-refractivity contribution >= 4 is 35.1 Å². The molecule has 0 unspecified atom stereocenters. The first kappa shape index (κ1) is 24.9. The van der Waals surface area contributed by atoms with Crippen molar-refractivity contribution < 1.29 is 23.9 Å². The number of hydrogen-bond donors (Lipinski definition) is 1. The van der Waals surface area contributed by atoms with Crippen LogP contribution in [0.25, 0.3) is 0 Å². The van der Waals surface area contributed by atoms with E-state index in [9.17, 15) is 19.2 Å². The van der Waals surface area contributed by atoms with E-state index >= 15 is 0 Å². The van der Waals surface area contributed by atoms with Crippen molar-refractivity contribution in [2.24, 2.45) is 0 Å². The number of nitrogens with one attached hydrogen (secondary N) is 1. The van der Waals surface area contributed by atoms with Gasteiger partial charge in [-0.1, -0.05) is 44.2 Å². The third-order valence-electron chi connectivity index (χ3n) is 6.54. The molecule has 0 aliphatic carbocycles. The molecule has 0 radical (unpaired) electrons. The van der Waals surface area contributed by atoms with Crippen LogP contribution in [0.2, 0.25) is 0 Å². The Hall–Kier alpha value is -4.26. The predicted molar refractivity (Wildman–Crippen MR) is 138 cm³/mol. The first-order valence-corrected chi connectivity index (χ1v) is 11.9. The van der Waals surface area contributed by atoms with Gasteiger partial charge in [0.05, 0.1) is 22.4 Å². The second-order valence-corrected chi connectivity index (χ2v) is 8.71. The monoisotopic (exact) mass is 484 g/mol. The molecule has 0 fully saturated rings. The Balaban J connectivity index is 1.48. The SMILES string of the molecule is CCc1cccc(CC)c1NC(=O)COC(=O)c1ccc2c(c1)C(=O)N(c1cccc(C)c1C)C2=O. The van der Waals surface area contributed by atoms with Gasteiger partial charge in [-0.05, 0) is 73.2 Å². The van der Waals surface area contributed by atoms with Crippen molar-refractivity contribution in [3.8, 4) is 0 Å². The van der Waals surface area contributed by atoms with Crippen molar-refractivity contribution in [3.05, 3.63) is 93.5 Å². The molecular formula is C29H28N2O5. The summed E-state index contributed by atoms with van der Waals surface area (Å²) in [6, 6.07) is 15.5. The molecule has 0 saturated carbocycles. The van der Waals surface area contributed by atoms with Crippen molar-refractivity contribution in [1.29, 1.82) is 0 Å². The molecule has 4 rings (SSSR count). The molecule has 7 heteroatoms. The Morgan fingerprint density at radius 3 is 2.17 bits per heavy atom. The van der Waals surface area contributed by atoms with Gasteiger partial charge >= 0.3 is 5.97 Å². The number of carbonyl (C=O) groups is 4. The highest BCUT2D eigenvalue weighted by Crippen LogP contribution is 2.32. The molecule has 1 heterocycles. The number of esters is 1. The minimum absolute atomic E-state index is 0.0914. The molecule has 1 N–H and O–H groups in total. The summed E-state index contributed by atoms with van der Waals surface area (Å²) >= 11 is 0. The van der Waals surface area contributed by atoms with Crippen molar-refractivity contribution in [3.63, 3.8) is 0 Å². The van der Waals surface area contributed by atoms with E-state index in [0.717, 1.165) is 45.7 Å². The molecule has 3 aromatic rings. The molecular weight excluding hydrogens is 456 g/mol. The van der Waals surface area contributed by atoms with Gasteiger partial charge in [-0.25, -0.2) is 9.69 Å². The van der Waals surface area contributed by atoms with Gasteiger partial charge in [0.2, 0.25) is 0 Å². The highest BCUT2D eigenvalue weighted by atomic mass is 16.5. The molecule has 0 aromatic heterocycles. The van der Waals surface area contributed by atoms with Crippen LogP contribution in [0.15, 0.2) is 54.6 Å². The van der Waals surface area contributed by atoms with Crippen LogP contribution >= 0.6 is 0 Å². The summed E-state index contributed by atoms with van der Waals surface area (Å²) < 4.78 is 5.22. The average Bonchev–Trinajstić information content (AvgIpc) is 3.13. The minimum atomic E-state index is -0.752. The van der Waals surface area contributed by atoms with E-state index in [2.05, 4.69) is 5.32 Å². The second kappa shape index (κ2) is 10.2. The van der Waals surface area contributed by atoms with E-state index in [-0.39, 0.29) is 16.7 Å². The molecule has 7 nitrogen and oxygen atoms in total. The molecule has 0 saturated heterocycles. The molecule has 1 aliphatic heterocycles. The molecule has 1 aliphatic rings. The Morgan fingerprint density at radius 2 is 1.50 bits per heavy atom. The smallest absolute Gasteiger partial charge is 0.338 e. The Kier molecular flexibility index (Phi) is 7.01. The summed E-state index contributed by atoms with van der Waals surface area (Å²) in [4.78, 5) is 52.4. The number of aryl methyl sites for hydroxylation is 3. The number of rotatable bonds is 7. The standard InChI is InChI=1S/C29H28N2O5/c1-5-19-10-8-11-20(6-2)26(19)30-25(32)16-36-29(35)21-13-14-22-23(15-21)28(34)31(27(22)33)24-12-7-9-17(3)18(24)4/h7-15H,5-6,16H2,1-4H3,(H,30,32). The van der Waals surface area contributed by atoms with Gasteiger partial charge in [0.15, 0.2) is 6.61 Å². The topological polar surface area (TPSA) is 92.8 Å². The van der Waals surface area contributed by atoms with E-state index in [1.807, 2.05) is 52.0 Å². The van der Waals surface area contributed by atoms with Crippen LogP contribution in [-0.2, 0) is 22.4 Å². The quantitative estimate of drug-likeness (QED) is 0.375. The van der Waals surface area contributed by atoms with E-state index in [1.165, 1.54) is 18.2 Å². The van der Waals surface area contributed by atoms with E-state index in [4.69, 9.17) is 4.74 Å². The molecule has 36 heavy (non-hydrogen) atoms. The number of para-hydroxylation sites is 1. The maximum absolute atomic E-state index is 13.1. The first-order chi connectivity index (χ1) is 17.3. The van der Waals surface area contributed by atoms with Gasteiger partial charge in [0.1, 0.15) is 0 Å². The summed E-state index contributed by atoms with van der Waals surface area (Å²) in [6.07, 6.45) is 1.51. The normalized spacial score (nSPS) is 12.5. The van der Waals surface area contributed by atoms with Crippen LogP contribution in [0.1, 0.15) is 67.2 Å². The lowest BCUT2D eigenvalue weighted by molar-refractivity contribution is -0.119. The first-order valence-electron chi connectivity index (χ1n) is 11.9. The van der Waals surface area contributed by atoms with Crippen LogP contribution in [0.5, 0.6) is 0 Å². The predicted octanol–water partition coefficient (Wildman–Crippen LogP) is 5.02. The van der Waals surface area contributed by atoms with Gasteiger partial charge in [-0.2, -0.15) is 0 Å². The Labute approximate surface area is 210 Å². The lowest BCUT2D eigenvalue weighted by atomic mass is 10.0. The lowest BCUT2D eigenvalue weighted by Gasteiger charge is -2.17. The highest BCUT2D eigenvalue weighted by Gasteiger charge is 2.38. The zero-order valence-corrected chi connectivity index (χ0v) is 20.8. The van der Waals surface area contributed by atoms with E-state index in [0.29, 0.717) is 5.69 Å². The van der Waals surface area contributed by atoms with Gasteiger partial charge in [-0.15, -0.1) is 0 Å². The summed E-state index contributed by atoms with van der Waals surface area (Å²) in [5.41, 5.74) is 5.50. The van der Waals surface area contributed by atoms with Crippen LogP contribution in [0.4, 0.5) is 11.4 Å². The van der Waals surface area contributed by atoms with Gasteiger partial charge in [-0.3, -0.25) is 14.4 Å². The number of anilines is 2. The molecule has 3 amide bonds. The van der Waals surface area contributed by atoms with Crippen LogP contribution in [-0.4, -0.2) is 30.3 Å². The number of hydrogen-bond acceptors (Lipinski definition) is 5.